The fraction of sp³-hybridized carbons (Fsp3) is 0.220. The maximum absolute atomic E-state index is 12.8. The highest BCUT2D eigenvalue weighted by Gasteiger charge is 2.36. The van der Waals surface area contributed by atoms with Gasteiger partial charge in [-0.1, -0.05) is 106 Å². The first kappa shape index (κ1) is 40.3. The van der Waals surface area contributed by atoms with Gasteiger partial charge in [-0.15, -0.1) is 0 Å². The quantitative estimate of drug-likeness (QED) is 0.0720. The lowest BCUT2D eigenvalue weighted by molar-refractivity contribution is -0.131. The first-order valence-electron chi connectivity index (χ1n) is 19.7. The van der Waals surface area contributed by atoms with Crippen molar-refractivity contribution in [2.24, 2.45) is 0 Å². The van der Waals surface area contributed by atoms with E-state index in [4.69, 9.17) is 28.4 Å². The monoisotopic (exact) mass is 790 g/mol. The summed E-state index contributed by atoms with van der Waals surface area (Å²) in [7, 11) is 1.68. The smallest absolute Gasteiger partial charge is 0.497 e. The maximum atomic E-state index is 12.8. The Morgan fingerprint density at radius 2 is 0.763 bits per heavy atom. The van der Waals surface area contributed by atoms with Crippen molar-refractivity contribution in [1.82, 2.24) is 0 Å². The van der Waals surface area contributed by atoms with Crippen LogP contribution in [0, 0.1) is 0 Å². The van der Waals surface area contributed by atoms with E-state index in [0.29, 0.717) is 28.7 Å². The van der Waals surface area contributed by atoms with Gasteiger partial charge >= 0.3 is 18.3 Å². The first-order valence-corrected chi connectivity index (χ1v) is 19.7. The zero-order valence-electron chi connectivity index (χ0n) is 33.6. The molecule has 0 aliphatic heterocycles. The van der Waals surface area contributed by atoms with E-state index in [9.17, 15) is 14.4 Å². The molecule has 0 atom stereocenters. The van der Waals surface area contributed by atoms with Gasteiger partial charge in [0.2, 0.25) is 0 Å². The van der Waals surface area contributed by atoms with Crippen LogP contribution < -0.4 is 28.4 Å². The van der Waals surface area contributed by atoms with Crippen molar-refractivity contribution in [2.75, 3.05) is 7.11 Å². The van der Waals surface area contributed by atoms with Gasteiger partial charge in [-0.3, -0.25) is 4.79 Å². The van der Waals surface area contributed by atoms with Crippen LogP contribution in [-0.2, 0) is 15.6 Å². The molecule has 0 spiro atoms. The number of methoxy groups -OCH3 is 1. The van der Waals surface area contributed by atoms with Gasteiger partial charge in [0.25, 0.3) is 0 Å². The Bertz CT molecular complexity index is 2360. The van der Waals surface area contributed by atoms with E-state index in [1.54, 1.807) is 55.6 Å². The van der Waals surface area contributed by atoms with Crippen LogP contribution in [-0.4, -0.2) is 25.4 Å². The summed E-state index contributed by atoms with van der Waals surface area (Å²) in [5.74, 6) is 2.36. The number of rotatable bonds is 11. The van der Waals surface area contributed by atoms with Crippen LogP contribution in [0.5, 0.6) is 34.5 Å². The van der Waals surface area contributed by atoms with Crippen molar-refractivity contribution >= 4 is 18.3 Å². The normalized spacial score (nSPS) is 13.4. The number of carbonyl (C=O) groups is 3. The highest BCUT2D eigenvalue weighted by Crippen LogP contribution is 2.45. The van der Waals surface area contributed by atoms with Crippen LogP contribution in [0.3, 0.4) is 0 Å². The highest BCUT2D eigenvalue weighted by atomic mass is 16.7. The van der Waals surface area contributed by atoms with Crippen molar-refractivity contribution in [3.8, 4) is 45.6 Å². The predicted molar refractivity (Wildman–Crippen MR) is 225 cm³/mol. The van der Waals surface area contributed by atoms with Gasteiger partial charge < -0.3 is 28.4 Å². The van der Waals surface area contributed by atoms with Crippen LogP contribution in [0.1, 0.15) is 75.1 Å². The number of esters is 1. The maximum Gasteiger partial charge on any atom is 0.519 e. The number of carbonyl (C=O) groups excluding carboxylic acids is 3. The Morgan fingerprint density at radius 3 is 1.12 bits per heavy atom. The van der Waals surface area contributed by atoms with Crippen LogP contribution in [0.25, 0.3) is 11.1 Å². The standard InChI is InChI=1S/C50H46O9/c1-34(51)55-42-20-8-35(9-21-42)36-10-22-43(23-11-36)56-47(52)57-44-26-12-37(13-27-44)49(2,3)38-14-28-45(29-15-38)58-48(53)59-46-30-18-40(19-31-46)50(32-6-5-7-33-50)39-16-24-41(54-4)25-17-39/h8-31H,5-7,32-33H2,1-4H3. The van der Waals surface area contributed by atoms with Gasteiger partial charge in [0, 0.05) is 17.8 Å². The summed E-state index contributed by atoms with van der Waals surface area (Å²) in [6.45, 7) is 5.51. The lowest BCUT2D eigenvalue weighted by atomic mass is 9.65. The predicted octanol–water partition coefficient (Wildman–Crippen LogP) is 12.0. The van der Waals surface area contributed by atoms with E-state index in [-0.39, 0.29) is 11.4 Å². The van der Waals surface area contributed by atoms with Crippen molar-refractivity contribution in [3.05, 3.63) is 168 Å². The molecule has 59 heavy (non-hydrogen) atoms. The molecule has 7 rings (SSSR count). The largest absolute Gasteiger partial charge is 0.519 e. The summed E-state index contributed by atoms with van der Waals surface area (Å²) in [5.41, 5.74) is 5.72. The minimum atomic E-state index is -0.862. The van der Waals surface area contributed by atoms with Gasteiger partial charge in [-0.2, -0.15) is 0 Å². The number of benzene rings is 6. The lowest BCUT2D eigenvalue weighted by Gasteiger charge is -2.38. The van der Waals surface area contributed by atoms with Crippen molar-refractivity contribution in [1.29, 1.82) is 0 Å². The van der Waals surface area contributed by atoms with Crippen LogP contribution in [0.15, 0.2) is 146 Å². The molecule has 0 aromatic heterocycles. The summed E-state index contributed by atoms with van der Waals surface area (Å²) in [6, 6.07) is 44.8. The molecule has 0 saturated heterocycles. The topological polar surface area (TPSA) is 107 Å². The van der Waals surface area contributed by atoms with Crippen LogP contribution in [0.4, 0.5) is 9.59 Å². The fourth-order valence-electron chi connectivity index (χ4n) is 7.72. The average molecular weight is 791 g/mol. The molecule has 0 bridgehead atoms. The molecule has 1 aliphatic carbocycles. The van der Waals surface area contributed by atoms with Crippen molar-refractivity contribution < 1.29 is 42.8 Å². The van der Waals surface area contributed by atoms with Gasteiger partial charge in [0.05, 0.1) is 7.11 Å². The third-order valence-corrected chi connectivity index (χ3v) is 11.0. The zero-order chi connectivity index (χ0) is 41.4. The molecule has 9 nitrogen and oxygen atoms in total. The third-order valence-electron chi connectivity index (χ3n) is 11.0. The fourth-order valence-corrected chi connectivity index (χ4v) is 7.72. The zero-order valence-corrected chi connectivity index (χ0v) is 33.6. The molecule has 1 fully saturated rings. The lowest BCUT2D eigenvalue weighted by Crippen LogP contribution is -2.30. The van der Waals surface area contributed by atoms with Gasteiger partial charge in [0.15, 0.2) is 0 Å². The molecular formula is C50H46O9. The van der Waals surface area contributed by atoms with Gasteiger partial charge in [0.1, 0.15) is 34.5 Å². The minimum absolute atomic E-state index is 0.0927. The molecule has 1 aliphatic rings. The molecule has 0 radical (unpaired) electrons. The van der Waals surface area contributed by atoms with E-state index < -0.39 is 17.7 Å². The summed E-state index contributed by atoms with van der Waals surface area (Å²) in [4.78, 5) is 36.6. The second kappa shape index (κ2) is 17.7. The second-order valence-corrected chi connectivity index (χ2v) is 15.1. The highest BCUT2D eigenvalue weighted by molar-refractivity contribution is 5.71. The molecule has 0 N–H and O–H groups in total. The Hall–Kier alpha value is -6.87. The van der Waals surface area contributed by atoms with Gasteiger partial charge in [-0.25, -0.2) is 9.59 Å². The molecule has 9 heteroatoms. The second-order valence-electron chi connectivity index (χ2n) is 15.1. The van der Waals surface area contributed by atoms with Crippen LogP contribution in [0.2, 0.25) is 0 Å². The molecule has 6 aromatic rings. The molecule has 1 saturated carbocycles. The Balaban J connectivity index is 0.910. The first-order chi connectivity index (χ1) is 28.5. The average Bonchev–Trinajstić information content (AvgIpc) is 3.25. The molecular weight excluding hydrogens is 745 g/mol. The summed E-state index contributed by atoms with van der Waals surface area (Å²) < 4.78 is 32.4. The Labute approximate surface area is 344 Å². The van der Waals surface area contributed by atoms with Crippen molar-refractivity contribution in [2.45, 2.75) is 63.7 Å². The molecule has 0 heterocycles. The summed E-state index contributed by atoms with van der Waals surface area (Å²) in [6.07, 6.45) is 3.98. The third kappa shape index (κ3) is 9.64. The summed E-state index contributed by atoms with van der Waals surface area (Å²) in [5, 5.41) is 0. The SMILES string of the molecule is COc1ccc(C2(c3ccc(OC(=O)Oc4ccc(C(C)(C)c5ccc(OC(=O)Oc6ccc(-c7ccc(OC(C)=O)cc7)cc6)cc5)cc4)cc3)CCCCC2)cc1. The van der Waals surface area contributed by atoms with Crippen molar-refractivity contribution in [3.63, 3.8) is 0 Å². The van der Waals surface area contributed by atoms with E-state index in [1.165, 1.54) is 24.5 Å². The van der Waals surface area contributed by atoms with Crippen LogP contribution >= 0.6 is 0 Å². The Kier molecular flexibility index (Phi) is 12.1. The number of hydrogen-bond acceptors (Lipinski definition) is 9. The summed E-state index contributed by atoms with van der Waals surface area (Å²) >= 11 is 0. The van der Waals surface area contributed by atoms with E-state index in [1.807, 2.05) is 72.8 Å². The number of hydrogen-bond donors (Lipinski definition) is 0. The Morgan fingerprint density at radius 1 is 0.441 bits per heavy atom. The number of ether oxygens (including phenoxy) is 6. The van der Waals surface area contributed by atoms with Gasteiger partial charge in [-0.05, 0) is 119 Å². The minimum Gasteiger partial charge on any atom is -0.497 e. The van der Waals surface area contributed by atoms with E-state index >= 15 is 0 Å². The molecule has 300 valence electrons. The van der Waals surface area contributed by atoms with E-state index in [2.05, 4.69) is 38.1 Å². The molecule has 6 aromatic carbocycles. The molecule has 0 unspecified atom stereocenters. The molecule has 0 amide bonds. The van der Waals surface area contributed by atoms with E-state index in [0.717, 1.165) is 53.7 Å².